The molecule has 0 saturated heterocycles. The van der Waals surface area contributed by atoms with E-state index in [2.05, 4.69) is 11.3 Å². The van der Waals surface area contributed by atoms with Gasteiger partial charge in [0.2, 0.25) is 0 Å². The van der Waals surface area contributed by atoms with Crippen LogP contribution < -0.4 is 9.47 Å². The predicted molar refractivity (Wildman–Crippen MR) is 66.5 cm³/mol. The maximum absolute atomic E-state index is 11.2. The zero-order valence-corrected chi connectivity index (χ0v) is 10.6. The van der Waals surface area contributed by atoms with Crippen molar-refractivity contribution in [2.24, 2.45) is 0 Å². The quantitative estimate of drug-likeness (QED) is 0.597. The highest BCUT2D eigenvalue weighted by Gasteiger charge is 2.10. The van der Waals surface area contributed by atoms with E-state index >= 15 is 0 Å². The molecule has 17 heavy (non-hydrogen) atoms. The molecule has 0 aliphatic rings. The van der Waals surface area contributed by atoms with Crippen molar-refractivity contribution in [1.29, 1.82) is 0 Å². The van der Waals surface area contributed by atoms with E-state index in [1.54, 1.807) is 18.2 Å². The lowest BCUT2D eigenvalue weighted by Gasteiger charge is -2.08. The van der Waals surface area contributed by atoms with Crippen molar-refractivity contribution in [1.82, 2.24) is 0 Å². The number of ether oxygens (including phenoxy) is 3. The average molecular weight is 238 g/mol. The Morgan fingerprint density at radius 2 is 1.88 bits per heavy atom. The molecule has 0 aromatic heterocycles. The van der Waals surface area contributed by atoms with E-state index in [1.807, 2.05) is 13.8 Å². The summed E-state index contributed by atoms with van der Waals surface area (Å²) in [7, 11) is 2.81. The Kier molecular flexibility index (Phi) is 7.26. The molecule has 0 heterocycles. The predicted octanol–water partition coefficient (Wildman–Crippen LogP) is 3.03. The zero-order valence-electron chi connectivity index (χ0n) is 10.6. The third-order valence-electron chi connectivity index (χ3n) is 1.80. The number of methoxy groups -OCH3 is 2. The van der Waals surface area contributed by atoms with Crippen LogP contribution in [0.4, 0.5) is 0 Å². The molecule has 4 nitrogen and oxygen atoms in total. The molecular weight excluding hydrogens is 220 g/mol. The van der Waals surface area contributed by atoms with Crippen LogP contribution in [0, 0.1) is 0 Å². The third-order valence-corrected chi connectivity index (χ3v) is 1.80. The summed E-state index contributed by atoms with van der Waals surface area (Å²) in [5.74, 6) is 0.538. The van der Waals surface area contributed by atoms with Gasteiger partial charge in [0.05, 0.1) is 26.0 Å². The van der Waals surface area contributed by atoms with Gasteiger partial charge in [0, 0.05) is 0 Å². The molecule has 1 aromatic rings. The molecule has 0 unspecified atom stereocenters. The number of hydrogen-bond donors (Lipinski definition) is 0. The van der Waals surface area contributed by atoms with E-state index in [4.69, 9.17) is 9.47 Å². The van der Waals surface area contributed by atoms with E-state index < -0.39 is 5.97 Å². The summed E-state index contributed by atoms with van der Waals surface area (Å²) >= 11 is 0. The molecule has 0 saturated carbocycles. The van der Waals surface area contributed by atoms with Gasteiger partial charge in [-0.05, 0) is 18.2 Å². The number of hydrogen-bond acceptors (Lipinski definition) is 4. The van der Waals surface area contributed by atoms with Crippen molar-refractivity contribution in [2.45, 2.75) is 13.8 Å². The Hall–Kier alpha value is -1.97. The summed E-state index contributed by atoms with van der Waals surface area (Å²) in [5, 5.41) is 0. The molecule has 0 radical (unpaired) electrons. The lowest BCUT2D eigenvalue weighted by Crippen LogP contribution is -2.01. The minimum Gasteiger partial charge on any atom is -0.493 e. The number of rotatable bonds is 4. The van der Waals surface area contributed by atoms with Crippen LogP contribution in [0.1, 0.15) is 24.2 Å². The van der Waals surface area contributed by atoms with Crippen molar-refractivity contribution in [3.63, 3.8) is 0 Å². The van der Waals surface area contributed by atoms with Gasteiger partial charge in [0.25, 0.3) is 0 Å². The maximum Gasteiger partial charge on any atom is 0.337 e. The Morgan fingerprint density at radius 3 is 2.35 bits per heavy atom. The summed E-state index contributed by atoms with van der Waals surface area (Å²) in [6.45, 7) is 7.44. The van der Waals surface area contributed by atoms with Crippen molar-refractivity contribution in [2.75, 3.05) is 14.2 Å². The first kappa shape index (κ1) is 15.0. The second-order valence-corrected chi connectivity index (χ2v) is 2.64. The maximum atomic E-state index is 11.2. The number of carbonyl (C=O) groups is 1. The highest BCUT2D eigenvalue weighted by molar-refractivity contribution is 5.90. The zero-order chi connectivity index (χ0) is 13.3. The molecule has 1 aromatic carbocycles. The summed E-state index contributed by atoms with van der Waals surface area (Å²) in [4.78, 5) is 11.2. The standard InChI is InChI=1S/C11H12O4.C2H6/c1-4-15-9-6-5-8(11(12)14-3)7-10(9)13-2;1-2/h4-7H,1H2,2-3H3;1-2H3. The molecule has 0 N–H and O–H groups in total. The molecular formula is C13H18O4. The van der Waals surface area contributed by atoms with Crippen LogP contribution in [-0.4, -0.2) is 20.2 Å². The number of esters is 1. The lowest BCUT2D eigenvalue weighted by atomic mass is 10.2. The monoisotopic (exact) mass is 238 g/mol. The molecule has 1 rings (SSSR count). The normalized spacial score (nSPS) is 8.47. The van der Waals surface area contributed by atoms with Crippen molar-refractivity contribution in [3.8, 4) is 11.5 Å². The van der Waals surface area contributed by atoms with Crippen LogP contribution in [0.15, 0.2) is 31.0 Å². The Bertz CT molecular complexity index is 372. The first-order chi connectivity index (χ1) is 8.22. The fraction of sp³-hybridized carbons (Fsp3) is 0.308. The number of benzene rings is 1. The Labute approximate surface area is 102 Å². The Morgan fingerprint density at radius 1 is 1.24 bits per heavy atom. The van der Waals surface area contributed by atoms with Gasteiger partial charge in [0.1, 0.15) is 0 Å². The van der Waals surface area contributed by atoms with Crippen LogP contribution >= 0.6 is 0 Å². The Balaban J connectivity index is 0.00000121. The van der Waals surface area contributed by atoms with Crippen LogP contribution in [0.3, 0.4) is 0 Å². The fourth-order valence-corrected chi connectivity index (χ4v) is 1.10. The minimum absolute atomic E-state index is 0.408. The van der Waals surface area contributed by atoms with Crippen LogP contribution in [-0.2, 0) is 4.74 Å². The van der Waals surface area contributed by atoms with E-state index in [0.717, 1.165) is 0 Å². The summed E-state index contributed by atoms with van der Waals surface area (Å²) in [6.07, 6.45) is 1.29. The third kappa shape index (κ3) is 4.18. The molecule has 0 bridgehead atoms. The van der Waals surface area contributed by atoms with Crippen molar-refractivity contribution < 1.29 is 19.0 Å². The number of carbonyl (C=O) groups excluding carboxylic acids is 1. The molecule has 0 atom stereocenters. The van der Waals surface area contributed by atoms with Gasteiger partial charge < -0.3 is 14.2 Å². The van der Waals surface area contributed by atoms with Gasteiger partial charge in [-0.15, -0.1) is 0 Å². The molecule has 0 aliphatic carbocycles. The van der Waals surface area contributed by atoms with Gasteiger partial charge >= 0.3 is 5.97 Å². The van der Waals surface area contributed by atoms with Crippen LogP contribution in [0.5, 0.6) is 11.5 Å². The first-order valence-electron chi connectivity index (χ1n) is 5.26. The molecule has 0 fully saturated rings. The molecule has 0 spiro atoms. The van der Waals surface area contributed by atoms with Gasteiger partial charge in [-0.25, -0.2) is 4.79 Å². The summed E-state index contributed by atoms with van der Waals surface area (Å²) in [6, 6.07) is 4.75. The van der Waals surface area contributed by atoms with E-state index in [-0.39, 0.29) is 0 Å². The van der Waals surface area contributed by atoms with E-state index in [1.165, 1.54) is 20.5 Å². The SMILES string of the molecule is C=COc1ccc(C(=O)OC)cc1OC.CC. The van der Waals surface area contributed by atoms with Gasteiger partial charge in [-0.1, -0.05) is 20.4 Å². The largest absolute Gasteiger partial charge is 0.493 e. The topological polar surface area (TPSA) is 44.8 Å². The highest BCUT2D eigenvalue weighted by atomic mass is 16.5. The van der Waals surface area contributed by atoms with Crippen LogP contribution in [0.25, 0.3) is 0 Å². The highest BCUT2D eigenvalue weighted by Crippen LogP contribution is 2.28. The second-order valence-electron chi connectivity index (χ2n) is 2.64. The second kappa shape index (κ2) is 8.21. The fourth-order valence-electron chi connectivity index (χ4n) is 1.10. The first-order valence-corrected chi connectivity index (χ1v) is 5.26. The smallest absolute Gasteiger partial charge is 0.337 e. The molecule has 94 valence electrons. The molecule has 0 aliphatic heterocycles. The molecule has 0 amide bonds. The minimum atomic E-state index is -0.418. The summed E-state index contributed by atoms with van der Waals surface area (Å²) in [5.41, 5.74) is 0.408. The van der Waals surface area contributed by atoms with Crippen molar-refractivity contribution >= 4 is 5.97 Å². The van der Waals surface area contributed by atoms with Crippen molar-refractivity contribution in [3.05, 3.63) is 36.6 Å². The van der Waals surface area contributed by atoms with Gasteiger partial charge in [0.15, 0.2) is 11.5 Å². The summed E-state index contributed by atoms with van der Waals surface area (Å²) < 4.78 is 14.7. The van der Waals surface area contributed by atoms with Crippen LogP contribution in [0.2, 0.25) is 0 Å². The van der Waals surface area contributed by atoms with Gasteiger partial charge in [-0.2, -0.15) is 0 Å². The lowest BCUT2D eigenvalue weighted by molar-refractivity contribution is 0.0600. The van der Waals surface area contributed by atoms with Gasteiger partial charge in [-0.3, -0.25) is 0 Å². The van der Waals surface area contributed by atoms with E-state index in [0.29, 0.717) is 17.1 Å². The van der Waals surface area contributed by atoms with E-state index in [9.17, 15) is 4.79 Å². The average Bonchev–Trinajstić information content (AvgIpc) is 2.41. The molecule has 4 heteroatoms.